The summed E-state index contributed by atoms with van der Waals surface area (Å²) in [6.45, 7) is 0.0177. The lowest BCUT2D eigenvalue weighted by Crippen LogP contribution is -2.41. The number of carbonyl (C=O) groups excluding carboxylic acids is 2. The van der Waals surface area contributed by atoms with E-state index >= 15 is 0 Å². The number of hydrogen-bond donors (Lipinski definition) is 2. The molecule has 0 saturated carbocycles. The summed E-state index contributed by atoms with van der Waals surface area (Å²) in [4.78, 5) is 23.9. The van der Waals surface area contributed by atoms with Gasteiger partial charge in [0.1, 0.15) is 0 Å². The van der Waals surface area contributed by atoms with Crippen LogP contribution in [0.25, 0.3) is 0 Å². The third-order valence-electron chi connectivity index (χ3n) is 5.24. The van der Waals surface area contributed by atoms with E-state index in [1.54, 1.807) is 18.2 Å². The van der Waals surface area contributed by atoms with Crippen LogP contribution in [-0.4, -0.2) is 44.7 Å². The maximum Gasteiger partial charge on any atom is 0.416 e. The molecule has 0 radical (unpaired) electrons. The zero-order chi connectivity index (χ0) is 23.5. The van der Waals surface area contributed by atoms with Crippen molar-refractivity contribution < 1.29 is 31.2 Å². The van der Waals surface area contributed by atoms with Gasteiger partial charge in [-0.3, -0.25) is 9.59 Å². The second-order valence-corrected chi connectivity index (χ2v) is 9.29. The minimum atomic E-state index is -4.65. The Kier molecular flexibility index (Phi) is 6.89. The highest BCUT2D eigenvalue weighted by atomic mass is 32.2. The maximum absolute atomic E-state index is 12.9. The van der Waals surface area contributed by atoms with Crippen LogP contribution in [0, 0.1) is 5.92 Å². The Bertz CT molecular complexity index is 1110. The summed E-state index contributed by atoms with van der Waals surface area (Å²) in [7, 11) is -2.62. The second-order valence-electron chi connectivity index (χ2n) is 7.35. The first-order valence-electron chi connectivity index (χ1n) is 9.83. The van der Waals surface area contributed by atoms with Gasteiger partial charge < -0.3 is 10.6 Å². The molecule has 11 heteroatoms. The number of sulfonamides is 1. The van der Waals surface area contributed by atoms with Crippen LogP contribution in [0.1, 0.15) is 28.8 Å². The molecule has 0 unspecified atom stereocenters. The van der Waals surface area contributed by atoms with Crippen molar-refractivity contribution in [1.82, 2.24) is 9.62 Å². The van der Waals surface area contributed by atoms with Gasteiger partial charge in [-0.2, -0.15) is 17.5 Å². The number of nitrogens with zero attached hydrogens (tertiary/aromatic N) is 1. The average molecular weight is 469 g/mol. The van der Waals surface area contributed by atoms with E-state index in [0.717, 1.165) is 22.5 Å². The van der Waals surface area contributed by atoms with E-state index in [0.29, 0.717) is 17.3 Å². The van der Waals surface area contributed by atoms with Crippen LogP contribution in [-0.2, 0) is 21.0 Å². The second kappa shape index (κ2) is 9.29. The zero-order valence-corrected chi connectivity index (χ0v) is 18.0. The van der Waals surface area contributed by atoms with Crippen LogP contribution in [0.5, 0.6) is 0 Å². The average Bonchev–Trinajstić information content (AvgIpc) is 2.78. The highest BCUT2D eigenvalue weighted by Gasteiger charge is 2.35. The van der Waals surface area contributed by atoms with Gasteiger partial charge >= 0.3 is 6.18 Å². The molecular weight excluding hydrogens is 447 g/mol. The highest BCUT2D eigenvalue weighted by Crippen LogP contribution is 2.32. The van der Waals surface area contributed by atoms with Gasteiger partial charge in [-0.05, 0) is 49.2 Å². The highest BCUT2D eigenvalue weighted by molar-refractivity contribution is 7.89. The third kappa shape index (κ3) is 5.28. The molecule has 1 fully saturated rings. The third-order valence-corrected chi connectivity index (χ3v) is 7.14. The lowest BCUT2D eigenvalue weighted by atomic mass is 9.97. The Hall–Kier alpha value is -2.92. The molecule has 1 heterocycles. The first-order chi connectivity index (χ1) is 15.0. The molecule has 0 aromatic heterocycles. The number of anilines is 1. The van der Waals surface area contributed by atoms with Gasteiger partial charge in [-0.25, -0.2) is 8.42 Å². The van der Waals surface area contributed by atoms with Crippen molar-refractivity contribution in [3.63, 3.8) is 0 Å². The van der Waals surface area contributed by atoms with Crippen LogP contribution < -0.4 is 10.6 Å². The number of alkyl halides is 3. The standard InChI is InChI=1S/C21H22F3N3O4S/c1-25-19(28)15-4-2-6-17(12-15)26-20(29)14-8-10-27(11-9-14)32(30,31)18-7-3-5-16(13-18)21(22,23)24/h2-7,12-14H,8-11H2,1H3,(H,25,28)(H,26,29). The summed E-state index contributed by atoms with van der Waals surface area (Å²) in [5, 5.41) is 5.22. The number of hydrogen-bond acceptors (Lipinski definition) is 4. The number of halogens is 3. The van der Waals surface area contributed by atoms with Gasteiger partial charge in [0.25, 0.3) is 5.91 Å². The van der Waals surface area contributed by atoms with Gasteiger partial charge in [0.05, 0.1) is 10.5 Å². The molecule has 2 amide bonds. The minimum absolute atomic E-state index is 0.00887. The van der Waals surface area contributed by atoms with Crippen molar-refractivity contribution in [2.24, 2.45) is 5.92 Å². The van der Waals surface area contributed by atoms with Crippen LogP contribution in [0.15, 0.2) is 53.4 Å². The smallest absolute Gasteiger partial charge is 0.355 e. The van der Waals surface area contributed by atoms with Crippen molar-refractivity contribution in [3.05, 3.63) is 59.7 Å². The van der Waals surface area contributed by atoms with Crippen molar-refractivity contribution in [1.29, 1.82) is 0 Å². The van der Waals surface area contributed by atoms with E-state index in [9.17, 15) is 31.2 Å². The van der Waals surface area contributed by atoms with Crippen LogP contribution in [0.2, 0.25) is 0 Å². The Morgan fingerprint density at radius 3 is 2.31 bits per heavy atom. The monoisotopic (exact) mass is 469 g/mol. The number of benzene rings is 2. The van der Waals surface area contributed by atoms with E-state index < -0.39 is 32.6 Å². The molecule has 7 nitrogen and oxygen atoms in total. The number of piperidine rings is 1. The fraction of sp³-hybridized carbons (Fsp3) is 0.333. The molecule has 2 N–H and O–H groups in total. The molecular formula is C21H22F3N3O4S. The molecule has 1 saturated heterocycles. The molecule has 1 aliphatic heterocycles. The van der Waals surface area contributed by atoms with E-state index in [1.165, 1.54) is 13.1 Å². The van der Waals surface area contributed by atoms with Gasteiger partial charge in [0, 0.05) is 37.3 Å². The van der Waals surface area contributed by atoms with Gasteiger partial charge in [0.15, 0.2) is 0 Å². The Morgan fingerprint density at radius 2 is 1.69 bits per heavy atom. The predicted octanol–water partition coefficient (Wildman–Crippen LogP) is 3.10. The maximum atomic E-state index is 12.9. The van der Waals surface area contributed by atoms with E-state index in [4.69, 9.17) is 0 Å². The first kappa shape index (κ1) is 23.7. The van der Waals surface area contributed by atoms with E-state index in [-0.39, 0.29) is 37.7 Å². The zero-order valence-electron chi connectivity index (χ0n) is 17.1. The van der Waals surface area contributed by atoms with E-state index in [2.05, 4.69) is 10.6 Å². The molecule has 0 atom stereocenters. The van der Waals surface area contributed by atoms with Gasteiger partial charge in [0.2, 0.25) is 15.9 Å². The topological polar surface area (TPSA) is 95.6 Å². The van der Waals surface area contributed by atoms with Gasteiger partial charge in [-0.1, -0.05) is 12.1 Å². The van der Waals surface area contributed by atoms with Crippen LogP contribution in [0.4, 0.5) is 18.9 Å². The van der Waals surface area contributed by atoms with E-state index in [1.807, 2.05) is 0 Å². The molecule has 32 heavy (non-hydrogen) atoms. The normalized spacial score (nSPS) is 15.9. The molecule has 2 aromatic rings. The molecule has 0 aliphatic carbocycles. The molecule has 172 valence electrons. The van der Waals surface area contributed by atoms with Crippen LogP contribution >= 0.6 is 0 Å². The van der Waals surface area contributed by atoms with Crippen molar-refractivity contribution >= 4 is 27.5 Å². The Labute approximate surface area is 183 Å². The quantitative estimate of drug-likeness (QED) is 0.704. The first-order valence-corrected chi connectivity index (χ1v) is 11.3. The summed E-state index contributed by atoms with van der Waals surface area (Å²) in [6, 6.07) is 10.0. The van der Waals surface area contributed by atoms with Crippen molar-refractivity contribution in [2.45, 2.75) is 23.9 Å². The SMILES string of the molecule is CNC(=O)c1cccc(NC(=O)C2CCN(S(=O)(=O)c3cccc(C(F)(F)F)c3)CC2)c1. The van der Waals surface area contributed by atoms with Crippen molar-refractivity contribution in [3.8, 4) is 0 Å². The largest absolute Gasteiger partial charge is 0.416 e. The summed E-state index contributed by atoms with van der Waals surface area (Å²) in [6.07, 6.45) is -4.20. The summed E-state index contributed by atoms with van der Waals surface area (Å²) < 4.78 is 65.5. The lowest BCUT2D eigenvalue weighted by Gasteiger charge is -2.30. The summed E-state index contributed by atoms with van der Waals surface area (Å²) in [5.41, 5.74) is -0.214. The fourth-order valence-electron chi connectivity index (χ4n) is 3.47. The number of rotatable bonds is 5. The number of carbonyl (C=O) groups is 2. The molecule has 1 aliphatic rings. The van der Waals surface area contributed by atoms with Gasteiger partial charge in [-0.15, -0.1) is 0 Å². The molecule has 2 aromatic carbocycles. The van der Waals surface area contributed by atoms with Crippen LogP contribution in [0.3, 0.4) is 0 Å². The lowest BCUT2D eigenvalue weighted by molar-refractivity contribution is -0.137. The predicted molar refractivity (Wildman–Crippen MR) is 111 cm³/mol. The molecule has 0 spiro atoms. The molecule has 0 bridgehead atoms. The summed E-state index contributed by atoms with van der Waals surface area (Å²) in [5.74, 6) is -1.07. The van der Waals surface area contributed by atoms with Crippen molar-refractivity contribution in [2.75, 3.05) is 25.5 Å². The minimum Gasteiger partial charge on any atom is -0.355 e. The number of amides is 2. The Morgan fingerprint density at radius 1 is 1.03 bits per heavy atom. The number of nitrogens with one attached hydrogen (secondary N) is 2. The fourth-order valence-corrected chi connectivity index (χ4v) is 4.98. The molecule has 3 rings (SSSR count). The Balaban J connectivity index is 1.65. The summed E-state index contributed by atoms with van der Waals surface area (Å²) >= 11 is 0.